The number of carbonyl (C=O) groups is 1. The first-order chi connectivity index (χ1) is 12.2. The van der Waals surface area contributed by atoms with E-state index in [1.165, 1.54) is 0 Å². The molecule has 0 bridgehead atoms. The Hall–Kier alpha value is -2.95. The van der Waals surface area contributed by atoms with Gasteiger partial charge in [-0.15, -0.1) is 0 Å². The van der Waals surface area contributed by atoms with Crippen molar-refractivity contribution < 1.29 is 14.3 Å². The molecule has 2 rings (SSSR count). The number of benzene rings is 2. The van der Waals surface area contributed by atoms with E-state index in [0.29, 0.717) is 35.8 Å². The van der Waals surface area contributed by atoms with Gasteiger partial charge in [-0.05, 0) is 36.5 Å². The molecule has 2 aromatic rings. The van der Waals surface area contributed by atoms with Gasteiger partial charge >= 0.3 is 0 Å². The van der Waals surface area contributed by atoms with Crippen LogP contribution in [-0.2, 0) is 4.74 Å². The van der Waals surface area contributed by atoms with Gasteiger partial charge in [-0.25, -0.2) is 0 Å². The Labute approximate surface area is 151 Å². The predicted molar refractivity (Wildman–Crippen MR) is 98.7 cm³/mol. The average molecular weight is 355 g/mol. The van der Waals surface area contributed by atoms with Crippen molar-refractivity contribution in [3.05, 3.63) is 59.7 Å². The van der Waals surface area contributed by atoms with Crippen molar-refractivity contribution in [2.75, 3.05) is 25.6 Å². The minimum Gasteiger partial charge on any atom is -0.490 e. The maximum atomic E-state index is 12.4. The fourth-order valence-electron chi connectivity index (χ4n) is 2.03. The van der Waals surface area contributed by atoms with Crippen molar-refractivity contribution in [1.82, 2.24) is 5.32 Å². The molecule has 0 heterocycles. The van der Waals surface area contributed by atoms with E-state index < -0.39 is 5.91 Å². The summed E-state index contributed by atoms with van der Waals surface area (Å²) >= 11 is 5.16. The number of nitriles is 1. The van der Waals surface area contributed by atoms with Crippen LogP contribution in [0.15, 0.2) is 48.5 Å². The van der Waals surface area contributed by atoms with Crippen molar-refractivity contribution in [2.45, 2.75) is 0 Å². The van der Waals surface area contributed by atoms with E-state index in [-0.39, 0.29) is 5.11 Å². The van der Waals surface area contributed by atoms with Crippen LogP contribution in [0.1, 0.15) is 15.9 Å². The molecule has 0 saturated carbocycles. The number of carbonyl (C=O) groups excluding carboxylic acids is 1. The highest BCUT2D eigenvalue weighted by atomic mass is 32.1. The van der Waals surface area contributed by atoms with Crippen LogP contribution in [0.25, 0.3) is 0 Å². The van der Waals surface area contributed by atoms with E-state index in [1.807, 2.05) is 0 Å². The number of rotatable bonds is 6. The standard InChI is InChI=1S/C18H17N3O3S/c1-23-10-11-24-16-9-5-3-7-14(16)17(22)21-18(25)20-15-8-4-2-6-13(15)12-19/h2-9H,10-11H2,1H3,(H2,20,21,22,25). The Kier molecular flexibility index (Phi) is 6.89. The lowest BCUT2D eigenvalue weighted by Crippen LogP contribution is -2.34. The smallest absolute Gasteiger partial charge is 0.261 e. The molecule has 2 N–H and O–H groups in total. The molecular formula is C18H17N3O3S. The van der Waals surface area contributed by atoms with Gasteiger partial charge in [-0.2, -0.15) is 5.26 Å². The first-order valence-electron chi connectivity index (χ1n) is 7.48. The van der Waals surface area contributed by atoms with Gasteiger partial charge in [0, 0.05) is 7.11 Å². The fourth-order valence-corrected chi connectivity index (χ4v) is 2.23. The van der Waals surface area contributed by atoms with Gasteiger partial charge in [-0.1, -0.05) is 24.3 Å². The normalized spacial score (nSPS) is 9.76. The first kappa shape index (κ1) is 18.4. The van der Waals surface area contributed by atoms with Gasteiger partial charge < -0.3 is 14.8 Å². The summed E-state index contributed by atoms with van der Waals surface area (Å²) in [6, 6.07) is 15.8. The number of ether oxygens (including phenoxy) is 2. The Morgan fingerprint density at radius 2 is 1.88 bits per heavy atom. The van der Waals surface area contributed by atoms with Gasteiger partial charge in [0.1, 0.15) is 18.4 Å². The number of para-hydroxylation sites is 2. The molecule has 25 heavy (non-hydrogen) atoms. The number of amides is 1. The molecule has 128 valence electrons. The SMILES string of the molecule is COCCOc1ccccc1C(=O)NC(=S)Nc1ccccc1C#N. The lowest BCUT2D eigenvalue weighted by Gasteiger charge is -2.13. The van der Waals surface area contributed by atoms with E-state index in [0.717, 1.165) is 0 Å². The number of hydrogen-bond donors (Lipinski definition) is 2. The minimum absolute atomic E-state index is 0.0967. The topological polar surface area (TPSA) is 83.4 Å². The molecule has 0 aliphatic heterocycles. The Morgan fingerprint density at radius 1 is 1.16 bits per heavy atom. The van der Waals surface area contributed by atoms with Crippen molar-refractivity contribution in [2.24, 2.45) is 0 Å². The predicted octanol–water partition coefficient (Wildman–Crippen LogP) is 2.71. The second-order valence-electron chi connectivity index (χ2n) is 4.90. The van der Waals surface area contributed by atoms with Gasteiger partial charge in [-0.3, -0.25) is 10.1 Å². The van der Waals surface area contributed by atoms with Crippen LogP contribution in [0.5, 0.6) is 5.75 Å². The average Bonchev–Trinajstić information content (AvgIpc) is 2.62. The summed E-state index contributed by atoms with van der Waals surface area (Å²) < 4.78 is 10.5. The third kappa shape index (κ3) is 5.28. The van der Waals surface area contributed by atoms with Crippen LogP contribution in [0, 0.1) is 11.3 Å². The molecule has 0 spiro atoms. The van der Waals surface area contributed by atoms with Crippen molar-refractivity contribution in [3.63, 3.8) is 0 Å². The zero-order valence-electron chi connectivity index (χ0n) is 13.6. The zero-order valence-corrected chi connectivity index (χ0v) is 14.4. The number of hydrogen-bond acceptors (Lipinski definition) is 5. The largest absolute Gasteiger partial charge is 0.490 e. The molecule has 7 heteroatoms. The molecule has 0 saturated heterocycles. The molecule has 0 aliphatic carbocycles. The second kappa shape index (κ2) is 9.37. The van der Waals surface area contributed by atoms with Crippen molar-refractivity contribution in [3.8, 4) is 11.8 Å². The molecule has 1 amide bonds. The quantitative estimate of drug-likeness (QED) is 0.612. The van der Waals surface area contributed by atoms with E-state index in [4.69, 9.17) is 27.0 Å². The highest BCUT2D eigenvalue weighted by Gasteiger charge is 2.14. The third-order valence-corrected chi connectivity index (χ3v) is 3.40. The summed E-state index contributed by atoms with van der Waals surface area (Å²) in [5.41, 5.74) is 1.32. The highest BCUT2D eigenvalue weighted by molar-refractivity contribution is 7.80. The Morgan fingerprint density at radius 3 is 2.64 bits per heavy atom. The second-order valence-corrected chi connectivity index (χ2v) is 5.31. The lowest BCUT2D eigenvalue weighted by atomic mass is 10.2. The van der Waals surface area contributed by atoms with Gasteiger partial charge in [0.05, 0.1) is 23.4 Å². The number of nitrogens with zero attached hydrogens (tertiary/aromatic N) is 1. The number of anilines is 1. The van der Waals surface area contributed by atoms with E-state index in [2.05, 4.69) is 16.7 Å². The Bertz CT molecular complexity index is 802. The van der Waals surface area contributed by atoms with Gasteiger partial charge in [0.15, 0.2) is 5.11 Å². The first-order valence-corrected chi connectivity index (χ1v) is 7.88. The third-order valence-electron chi connectivity index (χ3n) is 3.20. The molecule has 0 aliphatic rings. The van der Waals surface area contributed by atoms with Gasteiger partial charge in [0.25, 0.3) is 5.91 Å². The monoisotopic (exact) mass is 355 g/mol. The van der Waals surface area contributed by atoms with E-state index >= 15 is 0 Å². The van der Waals surface area contributed by atoms with Crippen molar-refractivity contribution in [1.29, 1.82) is 5.26 Å². The molecule has 6 nitrogen and oxygen atoms in total. The summed E-state index contributed by atoms with van der Waals surface area (Å²) in [6.45, 7) is 0.750. The van der Waals surface area contributed by atoms with Crippen LogP contribution < -0.4 is 15.4 Å². The molecule has 0 unspecified atom stereocenters. The number of methoxy groups -OCH3 is 1. The van der Waals surface area contributed by atoms with Crippen LogP contribution in [0.2, 0.25) is 0 Å². The lowest BCUT2D eigenvalue weighted by molar-refractivity contribution is 0.0970. The Balaban J connectivity index is 2.04. The molecular weight excluding hydrogens is 338 g/mol. The van der Waals surface area contributed by atoms with Crippen molar-refractivity contribution >= 4 is 28.9 Å². The summed E-state index contributed by atoms with van der Waals surface area (Å²) in [7, 11) is 1.57. The van der Waals surface area contributed by atoms with E-state index in [9.17, 15) is 4.79 Å². The fraction of sp³-hybridized carbons (Fsp3) is 0.167. The molecule has 0 fully saturated rings. The number of nitrogens with one attached hydrogen (secondary N) is 2. The molecule has 2 aromatic carbocycles. The summed E-state index contributed by atoms with van der Waals surface area (Å²) in [5.74, 6) is 0.0391. The summed E-state index contributed by atoms with van der Waals surface area (Å²) in [5, 5.41) is 14.6. The maximum Gasteiger partial charge on any atom is 0.261 e. The summed E-state index contributed by atoms with van der Waals surface area (Å²) in [6.07, 6.45) is 0. The minimum atomic E-state index is -0.403. The van der Waals surface area contributed by atoms with Crippen LogP contribution in [0.3, 0.4) is 0 Å². The van der Waals surface area contributed by atoms with Gasteiger partial charge in [0.2, 0.25) is 0 Å². The summed E-state index contributed by atoms with van der Waals surface area (Å²) in [4.78, 5) is 12.4. The van der Waals surface area contributed by atoms with Crippen LogP contribution in [-0.4, -0.2) is 31.3 Å². The zero-order chi connectivity index (χ0) is 18.1. The molecule has 0 aromatic heterocycles. The number of thiocarbonyl (C=S) groups is 1. The van der Waals surface area contributed by atoms with E-state index in [1.54, 1.807) is 55.6 Å². The highest BCUT2D eigenvalue weighted by Crippen LogP contribution is 2.18. The molecule has 0 radical (unpaired) electrons. The molecule has 0 atom stereocenters. The maximum absolute atomic E-state index is 12.4. The van der Waals surface area contributed by atoms with Crippen LogP contribution >= 0.6 is 12.2 Å². The van der Waals surface area contributed by atoms with Crippen LogP contribution in [0.4, 0.5) is 5.69 Å².